The minimum atomic E-state index is -0.104. The van der Waals surface area contributed by atoms with Crippen molar-refractivity contribution in [3.63, 3.8) is 0 Å². The zero-order valence-corrected chi connectivity index (χ0v) is 22.2. The number of phenolic OH excluding ortho intramolecular Hbond substituents is 1. The maximum atomic E-state index is 11.8. The highest BCUT2D eigenvalue weighted by Gasteiger charge is 2.41. The van der Waals surface area contributed by atoms with Gasteiger partial charge in [0.05, 0.1) is 22.4 Å². The van der Waals surface area contributed by atoms with Crippen LogP contribution in [-0.4, -0.2) is 35.1 Å². The second-order valence-corrected chi connectivity index (χ2v) is 10.6. The molecule has 1 aliphatic rings. The van der Waals surface area contributed by atoms with Crippen molar-refractivity contribution in [2.45, 2.75) is 70.6 Å². The summed E-state index contributed by atoms with van der Waals surface area (Å²) in [7, 11) is 0. The van der Waals surface area contributed by atoms with Gasteiger partial charge in [-0.2, -0.15) is 0 Å². The third-order valence-electron chi connectivity index (χ3n) is 8.13. The number of allylic oxidation sites excluding steroid dienone is 1. The zero-order valence-electron chi connectivity index (χ0n) is 22.2. The van der Waals surface area contributed by atoms with Crippen LogP contribution in [0.3, 0.4) is 0 Å². The summed E-state index contributed by atoms with van der Waals surface area (Å²) in [4.78, 5) is 0. The summed E-state index contributed by atoms with van der Waals surface area (Å²) in [6, 6.07) is 17.8. The molecule has 0 aliphatic heterocycles. The Kier molecular flexibility index (Phi) is 6.22. The molecular weight excluding hydrogens is 472 g/mol. The number of phenols is 1. The molecule has 2 heterocycles. The van der Waals surface area contributed by atoms with Crippen molar-refractivity contribution in [2.24, 2.45) is 0 Å². The van der Waals surface area contributed by atoms with Crippen LogP contribution >= 0.6 is 0 Å². The Bertz CT molecular complexity index is 1640. The highest BCUT2D eigenvalue weighted by Crippen LogP contribution is 2.53. The molecule has 0 amide bonds. The molecule has 194 valence electrons. The maximum absolute atomic E-state index is 11.8. The van der Waals surface area contributed by atoms with Crippen molar-refractivity contribution in [2.75, 3.05) is 0 Å². The van der Waals surface area contributed by atoms with E-state index in [1.165, 1.54) is 0 Å². The molecule has 0 unspecified atom stereocenters. The van der Waals surface area contributed by atoms with E-state index in [0.717, 1.165) is 102 Å². The highest BCUT2D eigenvalue weighted by atomic mass is 16.3. The molecule has 3 aromatic carbocycles. The summed E-state index contributed by atoms with van der Waals surface area (Å²) in [5, 5.41) is 30.0. The van der Waals surface area contributed by atoms with Crippen LogP contribution in [0.15, 0.2) is 61.2 Å². The smallest absolute Gasteiger partial charge is 0.125 e. The average Bonchev–Trinajstić information content (AvgIpc) is 3.67. The summed E-state index contributed by atoms with van der Waals surface area (Å²) in [6.07, 6.45) is 8.29. The summed E-state index contributed by atoms with van der Waals surface area (Å²) in [5.74, 6) is 0.239. The molecule has 0 radical (unpaired) electrons. The van der Waals surface area contributed by atoms with E-state index < -0.39 is 0 Å². The molecule has 7 nitrogen and oxygen atoms in total. The first-order valence-electron chi connectivity index (χ1n) is 13.8. The third-order valence-corrected chi connectivity index (χ3v) is 8.13. The quantitative estimate of drug-likeness (QED) is 0.239. The van der Waals surface area contributed by atoms with Gasteiger partial charge in [-0.05, 0) is 66.5 Å². The Balaban J connectivity index is 1.79. The minimum absolute atomic E-state index is 0.104. The van der Waals surface area contributed by atoms with Crippen LogP contribution in [0.5, 0.6) is 5.75 Å². The van der Waals surface area contributed by atoms with Crippen molar-refractivity contribution in [3.8, 4) is 17.1 Å². The Morgan fingerprint density at radius 2 is 1.50 bits per heavy atom. The summed E-state index contributed by atoms with van der Waals surface area (Å²) in [5.41, 5.74) is 7.92. The Morgan fingerprint density at radius 1 is 0.895 bits per heavy atom. The van der Waals surface area contributed by atoms with Crippen LogP contribution in [0.1, 0.15) is 76.3 Å². The van der Waals surface area contributed by atoms with Gasteiger partial charge in [0.1, 0.15) is 16.8 Å². The summed E-state index contributed by atoms with van der Waals surface area (Å²) in [6.45, 7) is 8.89. The monoisotopic (exact) mass is 506 g/mol. The lowest BCUT2D eigenvalue weighted by Gasteiger charge is -2.35. The molecular formula is C31H34N6O. The van der Waals surface area contributed by atoms with Crippen LogP contribution in [0.25, 0.3) is 39.0 Å². The second-order valence-electron chi connectivity index (χ2n) is 10.6. The highest BCUT2D eigenvalue weighted by molar-refractivity contribution is 5.85. The molecule has 0 bridgehead atoms. The second kappa shape index (κ2) is 9.71. The number of aromatic hydroxyl groups is 1. The van der Waals surface area contributed by atoms with E-state index in [1.807, 2.05) is 57.9 Å². The number of hydrogen-bond acceptors (Lipinski definition) is 5. The van der Waals surface area contributed by atoms with Gasteiger partial charge >= 0.3 is 0 Å². The molecule has 5 aromatic rings. The van der Waals surface area contributed by atoms with Crippen molar-refractivity contribution >= 4 is 27.6 Å². The Hall–Kier alpha value is -4.00. The molecule has 1 fully saturated rings. The average molecular weight is 507 g/mol. The Morgan fingerprint density at radius 3 is 2.13 bits per heavy atom. The van der Waals surface area contributed by atoms with E-state index in [1.54, 1.807) is 0 Å². The number of benzene rings is 3. The topological polar surface area (TPSA) is 81.6 Å². The SMILES string of the molecule is C=C(CCC)c1c(O)cc(-n2nnc3ccccc32)c(-n2nnc3ccccc32)c1C1(CCC)CCCC1. The Labute approximate surface area is 222 Å². The lowest BCUT2D eigenvalue weighted by Crippen LogP contribution is -2.27. The van der Waals surface area contributed by atoms with Crippen molar-refractivity contribution in [1.29, 1.82) is 0 Å². The van der Waals surface area contributed by atoms with Gasteiger partial charge in [0, 0.05) is 11.6 Å². The molecule has 6 rings (SSSR count). The lowest BCUT2D eigenvalue weighted by atomic mass is 9.71. The number of hydrogen-bond donors (Lipinski definition) is 1. The normalized spacial score (nSPS) is 15.0. The fourth-order valence-electron chi connectivity index (χ4n) is 6.56. The van der Waals surface area contributed by atoms with E-state index in [4.69, 9.17) is 5.21 Å². The summed E-state index contributed by atoms with van der Waals surface area (Å²) >= 11 is 0. The first kappa shape index (κ1) is 24.3. The van der Waals surface area contributed by atoms with E-state index in [9.17, 15) is 5.11 Å². The van der Waals surface area contributed by atoms with Gasteiger partial charge in [-0.3, -0.25) is 0 Å². The number of para-hydroxylation sites is 2. The minimum Gasteiger partial charge on any atom is -0.507 e. The number of aromatic nitrogens is 6. The number of fused-ring (bicyclic) bond motifs is 2. The van der Waals surface area contributed by atoms with Gasteiger partial charge in [-0.15, -0.1) is 10.2 Å². The first-order chi connectivity index (χ1) is 18.6. The van der Waals surface area contributed by atoms with Crippen LogP contribution in [-0.2, 0) is 5.41 Å². The van der Waals surface area contributed by atoms with Gasteiger partial charge < -0.3 is 5.11 Å². The van der Waals surface area contributed by atoms with E-state index in [2.05, 4.69) is 41.9 Å². The molecule has 7 heteroatoms. The van der Waals surface area contributed by atoms with Gasteiger partial charge in [0.15, 0.2) is 0 Å². The molecule has 38 heavy (non-hydrogen) atoms. The van der Waals surface area contributed by atoms with Crippen LogP contribution < -0.4 is 0 Å². The molecule has 1 N–H and O–H groups in total. The van der Waals surface area contributed by atoms with Gasteiger partial charge in [0.25, 0.3) is 0 Å². The molecule has 0 atom stereocenters. The maximum Gasteiger partial charge on any atom is 0.125 e. The van der Waals surface area contributed by atoms with E-state index >= 15 is 0 Å². The van der Waals surface area contributed by atoms with E-state index in [-0.39, 0.29) is 11.2 Å². The van der Waals surface area contributed by atoms with Gasteiger partial charge in [0.2, 0.25) is 0 Å². The van der Waals surface area contributed by atoms with Gasteiger partial charge in [-0.25, -0.2) is 9.36 Å². The van der Waals surface area contributed by atoms with E-state index in [0.29, 0.717) is 0 Å². The van der Waals surface area contributed by atoms with Crippen molar-refractivity contribution < 1.29 is 5.11 Å². The van der Waals surface area contributed by atoms with Crippen LogP contribution in [0.4, 0.5) is 0 Å². The fraction of sp³-hybridized carbons (Fsp3) is 0.355. The summed E-state index contributed by atoms with van der Waals surface area (Å²) < 4.78 is 3.79. The van der Waals surface area contributed by atoms with Crippen molar-refractivity contribution in [3.05, 3.63) is 72.3 Å². The molecule has 1 saturated carbocycles. The standard InChI is InChI=1S/C31H34N6O/c1-4-12-21(3)28-27(38)20-26(36-24-15-8-6-13-22(24)32-34-36)30(29(28)31(17-5-2)18-10-11-19-31)37-25-16-9-7-14-23(25)33-35-37/h6-9,13-16,20,38H,3-5,10-12,17-19H2,1-2H3. The predicted octanol–water partition coefficient (Wildman–Crippen LogP) is 7.29. The molecule has 2 aromatic heterocycles. The number of rotatable bonds is 8. The largest absolute Gasteiger partial charge is 0.507 e. The number of nitrogens with zero attached hydrogens (tertiary/aromatic N) is 6. The molecule has 0 spiro atoms. The fourth-order valence-corrected chi connectivity index (χ4v) is 6.56. The molecule has 0 saturated heterocycles. The van der Waals surface area contributed by atoms with Crippen LogP contribution in [0.2, 0.25) is 0 Å². The zero-order chi connectivity index (χ0) is 26.3. The third kappa shape index (κ3) is 3.80. The van der Waals surface area contributed by atoms with Gasteiger partial charge in [-0.1, -0.05) is 80.8 Å². The predicted molar refractivity (Wildman–Crippen MR) is 152 cm³/mol. The first-order valence-corrected chi connectivity index (χ1v) is 13.8. The van der Waals surface area contributed by atoms with Crippen LogP contribution in [0, 0.1) is 0 Å². The lowest BCUT2D eigenvalue weighted by molar-refractivity contribution is 0.393. The van der Waals surface area contributed by atoms with Crippen molar-refractivity contribution in [1.82, 2.24) is 30.0 Å². The molecule has 1 aliphatic carbocycles.